The van der Waals surface area contributed by atoms with E-state index < -0.39 is 33.9 Å². The molecule has 1 fully saturated rings. The van der Waals surface area contributed by atoms with Crippen molar-refractivity contribution in [1.29, 1.82) is 0 Å². The number of hydrogen-bond acceptors (Lipinski definition) is 7. The van der Waals surface area contributed by atoms with Gasteiger partial charge in [0, 0.05) is 25.3 Å². The molecule has 2 atom stereocenters. The van der Waals surface area contributed by atoms with E-state index in [2.05, 4.69) is 5.32 Å². The van der Waals surface area contributed by atoms with Crippen LogP contribution in [0, 0.1) is 5.41 Å². The Morgan fingerprint density at radius 3 is 2.62 bits per heavy atom. The van der Waals surface area contributed by atoms with Crippen molar-refractivity contribution in [2.24, 2.45) is 5.41 Å². The average Bonchev–Trinajstić information content (AvgIpc) is 2.84. The molecule has 0 aliphatic carbocycles. The molecule has 24 heavy (non-hydrogen) atoms. The molecule has 9 heteroatoms. The SMILES string of the molecule is CCCC1OC(=O)[C@@H](C(C)(C)COS(=O)(=O)CCCNC(C)=O)O1. The lowest BCUT2D eigenvalue weighted by Crippen LogP contribution is -2.39. The summed E-state index contributed by atoms with van der Waals surface area (Å²) in [5.41, 5.74) is -0.843. The second kappa shape index (κ2) is 8.77. The normalized spacial score (nSPS) is 21.6. The lowest BCUT2D eigenvalue weighted by Gasteiger charge is -2.27. The molecule has 140 valence electrons. The number of carbonyl (C=O) groups is 2. The molecule has 0 radical (unpaired) electrons. The third kappa shape index (κ3) is 6.74. The van der Waals surface area contributed by atoms with Gasteiger partial charge < -0.3 is 14.8 Å². The van der Waals surface area contributed by atoms with Crippen LogP contribution in [0.15, 0.2) is 0 Å². The van der Waals surface area contributed by atoms with Crippen molar-refractivity contribution in [1.82, 2.24) is 5.32 Å². The summed E-state index contributed by atoms with van der Waals surface area (Å²) in [5, 5.41) is 2.52. The van der Waals surface area contributed by atoms with Crippen molar-refractivity contribution in [3.8, 4) is 0 Å². The number of amides is 1. The van der Waals surface area contributed by atoms with Crippen LogP contribution in [0.5, 0.6) is 0 Å². The Hall–Kier alpha value is -1.19. The fraction of sp³-hybridized carbons (Fsp3) is 0.867. The molecule has 1 saturated heterocycles. The van der Waals surface area contributed by atoms with Crippen LogP contribution in [0.1, 0.15) is 47.0 Å². The smallest absolute Gasteiger partial charge is 0.338 e. The second-order valence-electron chi connectivity index (χ2n) is 6.52. The first-order chi connectivity index (χ1) is 11.1. The third-order valence-corrected chi connectivity index (χ3v) is 4.80. The van der Waals surface area contributed by atoms with Gasteiger partial charge in [-0.3, -0.25) is 8.98 Å². The molecule has 1 heterocycles. The van der Waals surface area contributed by atoms with Crippen LogP contribution >= 0.6 is 0 Å². The molecule has 0 saturated carbocycles. The highest BCUT2D eigenvalue weighted by molar-refractivity contribution is 7.86. The van der Waals surface area contributed by atoms with E-state index >= 15 is 0 Å². The minimum atomic E-state index is -3.74. The van der Waals surface area contributed by atoms with Crippen molar-refractivity contribution in [2.75, 3.05) is 18.9 Å². The van der Waals surface area contributed by atoms with Gasteiger partial charge in [0.1, 0.15) is 0 Å². The van der Waals surface area contributed by atoms with Gasteiger partial charge >= 0.3 is 5.97 Å². The van der Waals surface area contributed by atoms with Crippen LogP contribution in [0.25, 0.3) is 0 Å². The summed E-state index contributed by atoms with van der Waals surface area (Å²) in [6, 6.07) is 0. The number of hydrogen-bond donors (Lipinski definition) is 1. The largest absolute Gasteiger partial charge is 0.434 e. The van der Waals surface area contributed by atoms with Crippen LogP contribution in [0.4, 0.5) is 0 Å². The Kier molecular flexibility index (Phi) is 7.62. The summed E-state index contributed by atoms with van der Waals surface area (Å²) in [4.78, 5) is 22.6. The summed E-state index contributed by atoms with van der Waals surface area (Å²) in [7, 11) is -3.74. The predicted molar refractivity (Wildman–Crippen MR) is 86.5 cm³/mol. The number of ether oxygens (including phenoxy) is 2. The summed E-state index contributed by atoms with van der Waals surface area (Å²) < 4.78 is 39.5. The lowest BCUT2D eigenvalue weighted by atomic mass is 9.88. The summed E-state index contributed by atoms with van der Waals surface area (Å²) >= 11 is 0. The summed E-state index contributed by atoms with van der Waals surface area (Å²) in [6.45, 7) is 6.78. The quantitative estimate of drug-likeness (QED) is 0.349. The maximum atomic E-state index is 11.9. The highest BCUT2D eigenvalue weighted by Gasteiger charge is 2.45. The van der Waals surface area contributed by atoms with Crippen LogP contribution in [-0.2, 0) is 33.4 Å². The van der Waals surface area contributed by atoms with E-state index in [0.29, 0.717) is 6.42 Å². The molecule has 0 aromatic rings. The molecule has 1 unspecified atom stereocenters. The fourth-order valence-corrected chi connectivity index (χ4v) is 3.28. The van der Waals surface area contributed by atoms with Gasteiger partial charge in [-0.2, -0.15) is 8.42 Å². The molecule has 1 amide bonds. The van der Waals surface area contributed by atoms with E-state index in [-0.39, 0.29) is 31.2 Å². The van der Waals surface area contributed by atoms with E-state index in [9.17, 15) is 18.0 Å². The van der Waals surface area contributed by atoms with Gasteiger partial charge in [0.2, 0.25) is 12.2 Å². The minimum absolute atomic E-state index is 0.186. The average molecular weight is 365 g/mol. The Labute approximate surface area is 143 Å². The maximum absolute atomic E-state index is 11.9. The molecule has 0 aromatic carbocycles. The Balaban J connectivity index is 2.49. The first-order valence-corrected chi connectivity index (χ1v) is 9.62. The Morgan fingerprint density at radius 1 is 1.38 bits per heavy atom. The molecule has 0 aromatic heterocycles. The van der Waals surface area contributed by atoms with Gasteiger partial charge in [-0.15, -0.1) is 0 Å². The van der Waals surface area contributed by atoms with Crippen molar-refractivity contribution in [2.45, 2.75) is 59.4 Å². The first kappa shape index (κ1) is 20.9. The van der Waals surface area contributed by atoms with E-state index in [0.717, 1.165) is 6.42 Å². The molecule has 8 nitrogen and oxygen atoms in total. The van der Waals surface area contributed by atoms with Crippen LogP contribution in [0.2, 0.25) is 0 Å². The minimum Gasteiger partial charge on any atom is -0.434 e. The molecule has 1 aliphatic rings. The third-order valence-electron chi connectivity index (χ3n) is 3.54. The van der Waals surface area contributed by atoms with Crippen LogP contribution in [0.3, 0.4) is 0 Å². The number of rotatable bonds is 10. The van der Waals surface area contributed by atoms with Crippen LogP contribution in [-0.4, -0.2) is 51.6 Å². The van der Waals surface area contributed by atoms with E-state index in [1.54, 1.807) is 13.8 Å². The zero-order valence-electron chi connectivity index (χ0n) is 14.7. The van der Waals surface area contributed by atoms with Gasteiger partial charge in [-0.05, 0) is 6.42 Å². The number of carbonyl (C=O) groups excluding carboxylic acids is 2. The highest BCUT2D eigenvalue weighted by atomic mass is 32.2. The van der Waals surface area contributed by atoms with E-state index in [1.165, 1.54) is 6.92 Å². The molecular weight excluding hydrogens is 338 g/mol. The molecule has 1 N–H and O–H groups in total. The van der Waals surface area contributed by atoms with E-state index in [4.69, 9.17) is 13.7 Å². The van der Waals surface area contributed by atoms with Crippen LogP contribution < -0.4 is 5.32 Å². The zero-order chi connectivity index (χ0) is 18.4. The van der Waals surface area contributed by atoms with Gasteiger partial charge in [-0.25, -0.2) is 4.79 Å². The fourth-order valence-electron chi connectivity index (χ4n) is 2.18. The van der Waals surface area contributed by atoms with Crippen molar-refractivity contribution in [3.63, 3.8) is 0 Å². The Bertz CT molecular complexity index is 544. The molecule has 0 bridgehead atoms. The van der Waals surface area contributed by atoms with Gasteiger partial charge in [0.05, 0.1) is 12.4 Å². The zero-order valence-corrected chi connectivity index (χ0v) is 15.5. The number of esters is 1. The van der Waals surface area contributed by atoms with Crippen molar-refractivity contribution >= 4 is 22.0 Å². The monoisotopic (exact) mass is 365 g/mol. The maximum Gasteiger partial charge on any atom is 0.338 e. The molecule has 1 rings (SSSR count). The van der Waals surface area contributed by atoms with Gasteiger partial charge in [-0.1, -0.05) is 27.2 Å². The lowest BCUT2D eigenvalue weighted by molar-refractivity contribution is -0.144. The highest BCUT2D eigenvalue weighted by Crippen LogP contribution is 2.32. The Morgan fingerprint density at radius 2 is 2.04 bits per heavy atom. The van der Waals surface area contributed by atoms with Crippen molar-refractivity contribution < 1.29 is 31.7 Å². The molecule has 0 spiro atoms. The van der Waals surface area contributed by atoms with E-state index in [1.807, 2.05) is 6.92 Å². The second-order valence-corrected chi connectivity index (χ2v) is 8.28. The molecular formula is C15H27NO7S. The summed E-state index contributed by atoms with van der Waals surface area (Å²) in [5.74, 6) is -0.921. The number of cyclic esters (lactones) is 1. The van der Waals surface area contributed by atoms with Crippen molar-refractivity contribution in [3.05, 3.63) is 0 Å². The topological polar surface area (TPSA) is 108 Å². The van der Waals surface area contributed by atoms with Gasteiger partial charge in [0.25, 0.3) is 10.1 Å². The number of nitrogens with one attached hydrogen (secondary N) is 1. The molecule has 1 aliphatic heterocycles. The standard InChI is InChI=1S/C15H27NO7S/c1-5-7-12-22-13(14(18)23-12)15(3,4)10-21-24(19,20)9-6-8-16-11(2)17/h12-13H,5-10H2,1-4H3,(H,16,17)/t12?,13-/m0/s1. The summed E-state index contributed by atoms with van der Waals surface area (Å²) in [6.07, 6.45) is 0.220. The predicted octanol–water partition coefficient (Wildman–Crippen LogP) is 0.953. The first-order valence-electron chi connectivity index (χ1n) is 8.05. The van der Waals surface area contributed by atoms with Gasteiger partial charge in [0.15, 0.2) is 6.10 Å².